The molecule has 3 N–H and O–H groups in total. The van der Waals surface area contributed by atoms with Crippen molar-refractivity contribution < 1.29 is 4.79 Å². The molecule has 1 aliphatic rings. The van der Waals surface area contributed by atoms with Crippen LogP contribution in [0.25, 0.3) is 0 Å². The van der Waals surface area contributed by atoms with Crippen LogP contribution in [-0.4, -0.2) is 30.9 Å². The standard InChI is InChI=1S/C12H17N3O/c1-15-7-6-9(8-15)12(16)14-11-5-3-2-4-10(11)13/h2-5,9H,6-8,13H2,1H3,(H,14,16). The summed E-state index contributed by atoms with van der Waals surface area (Å²) in [5, 5.41) is 2.88. The fraction of sp³-hybridized carbons (Fsp3) is 0.417. The highest BCUT2D eigenvalue weighted by Gasteiger charge is 2.26. The predicted octanol–water partition coefficient (Wildman–Crippen LogP) is 1.16. The molecule has 0 aromatic heterocycles. The van der Waals surface area contributed by atoms with Gasteiger partial charge in [0.2, 0.25) is 5.91 Å². The van der Waals surface area contributed by atoms with Crippen molar-refractivity contribution in [2.45, 2.75) is 6.42 Å². The Kier molecular flexibility index (Phi) is 3.10. The van der Waals surface area contributed by atoms with Crippen molar-refractivity contribution in [2.24, 2.45) is 5.92 Å². The van der Waals surface area contributed by atoms with Gasteiger partial charge in [0.1, 0.15) is 0 Å². The number of para-hydroxylation sites is 2. The summed E-state index contributed by atoms with van der Waals surface area (Å²) in [5.41, 5.74) is 7.09. The zero-order chi connectivity index (χ0) is 11.5. The minimum atomic E-state index is 0.0715. The minimum Gasteiger partial charge on any atom is -0.397 e. The first kappa shape index (κ1) is 11.0. The van der Waals surface area contributed by atoms with E-state index < -0.39 is 0 Å². The number of carbonyl (C=O) groups is 1. The molecule has 0 bridgehead atoms. The first-order valence-electron chi connectivity index (χ1n) is 5.50. The number of amides is 1. The van der Waals surface area contributed by atoms with Crippen LogP contribution < -0.4 is 11.1 Å². The molecule has 2 rings (SSSR count). The van der Waals surface area contributed by atoms with Crippen LogP contribution in [0.3, 0.4) is 0 Å². The number of nitrogens with zero attached hydrogens (tertiary/aromatic N) is 1. The monoisotopic (exact) mass is 219 g/mol. The van der Waals surface area contributed by atoms with E-state index in [2.05, 4.69) is 10.2 Å². The first-order valence-corrected chi connectivity index (χ1v) is 5.50. The van der Waals surface area contributed by atoms with Crippen LogP contribution >= 0.6 is 0 Å². The summed E-state index contributed by atoms with van der Waals surface area (Å²) in [6.07, 6.45) is 0.926. The van der Waals surface area contributed by atoms with E-state index in [0.717, 1.165) is 19.5 Å². The van der Waals surface area contributed by atoms with Crippen molar-refractivity contribution in [2.75, 3.05) is 31.2 Å². The van der Waals surface area contributed by atoms with Crippen LogP contribution in [-0.2, 0) is 4.79 Å². The number of anilines is 2. The Balaban J connectivity index is 2.00. The number of carbonyl (C=O) groups excluding carboxylic acids is 1. The molecule has 1 amide bonds. The van der Waals surface area contributed by atoms with E-state index in [1.807, 2.05) is 25.2 Å². The number of nitrogens with two attached hydrogens (primary N) is 1. The molecular formula is C12H17N3O. The van der Waals surface area contributed by atoms with E-state index in [-0.39, 0.29) is 11.8 Å². The molecule has 4 nitrogen and oxygen atoms in total. The molecule has 0 spiro atoms. The van der Waals surface area contributed by atoms with E-state index in [1.54, 1.807) is 6.07 Å². The van der Waals surface area contributed by atoms with Gasteiger partial charge in [0.15, 0.2) is 0 Å². The molecule has 1 aromatic rings. The average Bonchev–Trinajstić information content (AvgIpc) is 2.68. The summed E-state index contributed by atoms with van der Waals surface area (Å²) >= 11 is 0. The molecule has 1 aromatic carbocycles. The third-order valence-corrected chi connectivity index (χ3v) is 2.98. The number of nitrogen functional groups attached to an aromatic ring is 1. The van der Waals surface area contributed by atoms with E-state index in [0.29, 0.717) is 11.4 Å². The van der Waals surface area contributed by atoms with E-state index in [1.165, 1.54) is 0 Å². The van der Waals surface area contributed by atoms with Crippen LogP contribution in [0, 0.1) is 5.92 Å². The number of hydrogen-bond acceptors (Lipinski definition) is 3. The van der Waals surface area contributed by atoms with Crippen molar-refractivity contribution in [1.82, 2.24) is 4.90 Å². The Morgan fingerprint density at radius 3 is 2.88 bits per heavy atom. The zero-order valence-electron chi connectivity index (χ0n) is 9.44. The van der Waals surface area contributed by atoms with Crippen LogP contribution in [0.5, 0.6) is 0 Å². The molecule has 16 heavy (non-hydrogen) atoms. The summed E-state index contributed by atoms with van der Waals surface area (Å²) in [7, 11) is 2.03. The highest BCUT2D eigenvalue weighted by molar-refractivity contribution is 5.95. The quantitative estimate of drug-likeness (QED) is 0.734. The van der Waals surface area contributed by atoms with Crippen LogP contribution in [0.1, 0.15) is 6.42 Å². The van der Waals surface area contributed by atoms with Gasteiger partial charge >= 0.3 is 0 Å². The number of hydrogen-bond donors (Lipinski definition) is 2. The third-order valence-electron chi connectivity index (χ3n) is 2.98. The van der Waals surface area contributed by atoms with E-state index in [9.17, 15) is 4.79 Å². The fourth-order valence-corrected chi connectivity index (χ4v) is 1.99. The minimum absolute atomic E-state index is 0.0715. The second kappa shape index (κ2) is 4.53. The van der Waals surface area contributed by atoms with Gasteiger partial charge in [0.05, 0.1) is 17.3 Å². The second-order valence-corrected chi connectivity index (χ2v) is 4.32. The highest BCUT2D eigenvalue weighted by Crippen LogP contribution is 2.20. The zero-order valence-corrected chi connectivity index (χ0v) is 9.44. The van der Waals surface area contributed by atoms with Gasteiger partial charge in [-0.1, -0.05) is 12.1 Å². The van der Waals surface area contributed by atoms with Crippen LogP contribution in [0.4, 0.5) is 11.4 Å². The van der Waals surface area contributed by atoms with Crippen molar-refractivity contribution in [1.29, 1.82) is 0 Å². The molecule has 1 aliphatic heterocycles. The Morgan fingerprint density at radius 1 is 1.50 bits per heavy atom. The molecule has 0 aliphatic carbocycles. The summed E-state index contributed by atoms with van der Waals surface area (Å²) in [5.74, 6) is 0.159. The Labute approximate surface area is 95.4 Å². The highest BCUT2D eigenvalue weighted by atomic mass is 16.1. The van der Waals surface area contributed by atoms with Crippen molar-refractivity contribution in [3.8, 4) is 0 Å². The Hall–Kier alpha value is -1.55. The Bertz CT molecular complexity index is 392. The van der Waals surface area contributed by atoms with Gasteiger partial charge in [-0.25, -0.2) is 0 Å². The number of nitrogens with one attached hydrogen (secondary N) is 1. The smallest absolute Gasteiger partial charge is 0.228 e. The van der Waals surface area contributed by atoms with Crippen LogP contribution in [0.15, 0.2) is 24.3 Å². The van der Waals surface area contributed by atoms with Crippen molar-refractivity contribution in [3.63, 3.8) is 0 Å². The lowest BCUT2D eigenvalue weighted by Crippen LogP contribution is -2.25. The molecule has 0 radical (unpaired) electrons. The maximum absolute atomic E-state index is 11.9. The van der Waals surface area contributed by atoms with Gasteiger partial charge in [-0.05, 0) is 32.1 Å². The summed E-state index contributed by atoms with van der Waals surface area (Å²) < 4.78 is 0. The third kappa shape index (κ3) is 2.33. The molecule has 1 fully saturated rings. The lowest BCUT2D eigenvalue weighted by atomic mass is 10.1. The predicted molar refractivity (Wildman–Crippen MR) is 65.1 cm³/mol. The second-order valence-electron chi connectivity index (χ2n) is 4.32. The molecule has 4 heteroatoms. The van der Waals surface area contributed by atoms with E-state index >= 15 is 0 Å². The lowest BCUT2D eigenvalue weighted by molar-refractivity contribution is -0.119. The molecule has 1 saturated heterocycles. The lowest BCUT2D eigenvalue weighted by Gasteiger charge is -2.12. The summed E-state index contributed by atoms with van der Waals surface area (Å²) in [4.78, 5) is 14.1. The van der Waals surface area contributed by atoms with Gasteiger partial charge in [-0.2, -0.15) is 0 Å². The number of rotatable bonds is 2. The average molecular weight is 219 g/mol. The number of benzene rings is 1. The topological polar surface area (TPSA) is 58.4 Å². The molecule has 86 valence electrons. The van der Waals surface area contributed by atoms with Gasteiger partial charge in [0, 0.05) is 6.54 Å². The van der Waals surface area contributed by atoms with Gasteiger partial charge in [-0.3, -0.25) is 4.79 Å². The van der Waals surface area contributed by atoms with E-state index in [4.69, 9.17) is 5.73 Å². The maximum atomic E-state index is 11.9. The number of likely N-dealkylation sites (tertiary alicyclic amines) is 1. The van der Waals surface area contributed by atoms with Crippen molar-refractivity contribution >= 4 is 17.3 Å². The summed E-state index contributed by atoms with van der Waals surface area (Å²) in [6, 6.07) is 7.34. The summed E-state index contributed by atoms with van der Waals surface area (Å²) in [6.45, 7) is 1.82. The van der Waals surface area contributed by atoms with Gasteiger partial charge in [0.25, 0.3) is 0 Å². The molecule has 0 saturated carbocycles. The fourth-order valence-electron chi connectivity index (χ4n) is 1.99. The van der Waals surface area contributed by atoms with Crippen LogP contribution in [0.2, 0.25) is 0 Å². The normalized spacial score (nSPS) is 20.9. The molecule has 1 heterocycles. The van der Waals surface area contributed by atoms with Gasteiger partial charge < -0.3 is 16.0 Å². The molecule has 1 atom stereocenters. The maximum Gasteiger partial charge on any atom is 0.228 e. The Morgan fingerprint density at radius 2 is 2.25 bits per heavy atom. The largest absolute Gasteiger partial charge is 0.397 e. The molecular weight excluding hydrogens is 202 g/mol. The van der Waals surface area contributed by atoms with Crippen molar-refractivity contribution in [3.05, 3.63) is 24.3 Å². The SMILES string of the molecule is CN1CCC(C(=O)Nc2ccccc2N)C1. The van der Waals surface area contributed by atoms with Gasteiger partial charge in [-0.15, -0.1) is 0 Å². The molecule has 1 unspecified atom stereocenters. The first-order chi connectivity index (χ1) is 7.66.